The summed E-state index contributed by atoms with van der Waals surface area (Å²) in [7, 11) is 6.92. The van der Waals surface area contributed by atoms with Crippen LogP contribution < -0.4 is 15.1 Å². The van der Waals surface area contributed by atoms with Crippen molar-refractivity contribution in [3.8, 4) is 28.4 Å². The number of rotatable bonds is 5. The van der Waals surface area contributed by atoms with Gasteiger partial charge in [0.1, 0.15) is 11.3 Å². The van der Waals surface area contributed by atoms with Crippen LogP contribution in [0.3, 0.4) is 0 Å². The Kier molecular flexibility index (Phi) is 5.10. The highest BCUT2D eigenvalue weighted by Gasteiger charge is 2.17. The molecule has 0 saturated carbocycles. The first-order valence-corrected chi connectivity index (χ1v) is 8.52. The maximum Gasteiger partial charge on any atom is 0.344 e. The predicted molar refractivity (Wildman–Crippen MR) is 105 cm³/mol. The third-order valence-corrected chi connectivity index (χ3v) is 4.53. The summed E-state index contributed by atoms with van der Waals surface area (Å²) < 4.78 is 16.2. The Morgan fingerprint density at radius 1 is 1.07 bits per heavy atom. The molecular formula is C21H23NO5. The second-order valence-corrected chi connectivity index (χ2v) is 6.67. The molecular weight excluding hydrogens is 346 g/mol. The molecule has 0 aliphatic rings. The Morgan fingerprint density at radius 2 is 1.78 bits per heavy atom. The number of phenolic OH excluding ortho intramolecular Hbond substituents is 1. The van der Waals surface area contributed by atoms with E-state index in [0.717, 1.165) is 5.56 Å². The molecule has 3 aromatic rings. The number of fused-ring (bicyclic) bond motifs is 1. The fourth-order valence-electron chi connectivity index (χ4n) is 3.22. The van der Waals surface area contributed by atoms with E-state index in [0.29, 0.717) is 45.7 Å². The molecule has 0 radical (unpaired) electrons. The SMILES string of the molecule is COc1ccc(-c2c(C)c3cc(O)c(CN(C)C)cc3oc2=O)cc1OC. The minimum Gasteiger partial charge on any atom is -0.508 e. The van der Waals surface area contributed by atoms with Crippen LogP contribution >= 0.6 is 0 Å². The summed E-state index contributed by atoms with van der Waals surface area (Å²) in [4.78, 5) is 14.6. The maximum absolute atomic E-state index is 12.7. The predicted octanol–water partition coefficient (Wildman–Crippen LogP) is 3.55. The van der Waals surface area contributed by atoms with Crippen LogP contribution in [0.2, 0.25) is 0 Å². The fraction of sp³-hybridized carbons (Fsp3) is 0.286. The van der Waals surface area contributed by atoms with E-state index in [1.54, 1.807) is 44.6 Å². The van der Waals surface area contributed by atoms with E-state index in [-0.39, 0.29) is 5.75 Å². The number of aryl methyl sites for hydroxylation is 1. The van der Waals surface area contributed by atoms with Gasteiger partial charge in [0.25, 0.3) is 0 Å². The van der Waals surface area contributed by atoms with Gasteiger partial charge in [-0.15, -0.1) is 0 Å². The van der Waals surface area contributed by atoms with Crippen LogP contribution in [0.5, 0.6) is 17.2 Å². The molecule has 1 aromatic heterocycles. The van der Waals surface area contributed by atoms with Crippen LogP contribution in [0.1, 0.15) is 11.1 Å². The largest absolute Gasteiger partial charge is 0.508 e. The Balaban J connectivity index is 2.22. The molecule has 142 valence electrons. The van der Waals surface area contributed by atoms with Gasteiger partial charge in [-0.2, -0.15) is 0 Å². The van der Waals surface area contributed by atoms with Crippen molar-refractivity contribution >= 4 is 11.0 Å². The minimum absolute atomic E-state index is 0.173. The number of benzene rings is 2. The molecule has 0 amide bonds. The van der Waals surface area contributed by atoms with Crippen LogP contribution in [0.4, 0.5) is 0 Å². The van der Waals surface area contributed by atoms with E-state index in [9.17, 15) is 9.90 Å². The average molecular weight is 369 g/mol. The monoisotopic (exact) mass is 369 g/mol. The first-order valence-electron chi connectivity index (χ1n) is 8.52. The summed E-state index contributed by atoms with van der Waals surface area (Å²) >= 11 is 0. The first kappa shape index (κ1) is 18.8. The van der Waals surface area contributed by atoms with Gasteiger partial charge in [-0.25, -0.2) is 4.79 Å². The van der Waals surface area contributed by atoms with Gasteiger partial charge >= 0.3 is 5.63 Å². The number of hydrogen-bond acceptors (Lipinski definition) is 6. The summed E-state index contributed by atoms with van der Waals surface area (Å²) in [5.74, 6) is 1.28. The zero-order chi connectivity index (χ0) is 19.7. The number of aromatic hydroxyl groups is 1. The zero-order valence-corrected chi connectivity index (χ0v) is 16.1. The van der Waals surface area contributed by atoms with Crippen molar-refractivity contribution in [1.29, 1.82) is 0 Å². The van der Waals surface area contributed by atoms with E-state index >= 15 is 0 Å². The lowest BCUT2D eigenvalue weighted by Crippen LogP contribution is -2.11. The van der Waals surface area contributed by atoms with Crippen molar-refractivity contribution in [2.24, 2.45) is 0 Å². The summed E-state index contributed by atoms with van der Waals surface area (Å²) in [6.45, 7) is 2.39. The zero-order valence-electron chi connectivity index (χ0n) is 16.1. The molecule has 0 aliphatic heterocycles. The third-order valence-electron chi connectivity index (χ3n) is 4.53. The average Bonchev–Trinajstić information content (AvgIpc) is 2.62. The number of nitrogens with zero attached hydrogens (tertiary/aromatic N) is 1. The number of phenols is 1. The Hall–Kier alpha value is -2.99. The van der Waals surface area contributed by atoms with Gasteiger partial charge in [-0.1, -0.05) is 6.07 Å². The molecule has 0 aliphatic carbocycles. The van der Waals surface area contributed by atoms with E-state index in [4.69, 9.17) is 13.9 Å². The lowest BCUT2D eigenvalue weighted by molar-refractivity contribution is 0.355. The van der Waals surface area contributed by atoms with Crippen LogP contribution in [0.25, 0.3) is 22.1 Å². The Labute approximate surface area is 157 Å². The van der Waals surface area contributed by atoms with Crippen molar-refractivity contribution in [1.82, 2.24) is 4.90 Å². The fourth-order valence-corrected chi connectivity index (χ4v) is 3.22. The Bertz CT molecular complexity index is 1050. The molecule has 6 heteroatoms. The topological polar surface area (TPSA) is 72.1 Å². The van der Waals surface area contributed by atoms with Gasteiger partial charge in [0.05, 0.1) is 19.8 Å². The van der Waals surface area contributed by atoms with E-state index < -0.39 is 5.63 Å². The van der Waals surface area contributed by atoms with E-state index in [1.807, 2.05) is 25.9 Å². The molecule has 0 spiro atoms. The molecule has 0 atom stereocenters. The molecule has 0 saturated heterocycles. The second kappa shape index (κ2) is 7.32. The summed E-state index contributed by atoms with van der Waals surface area (Å²) in [5.41, 5.74) is 2.56. The summed E-state index contributed by atoms with van der Waals surface area (Å²) in [6, 6.07) is 8.64. The Morgan fingerprint density at radius 3 is 2.41 bits per heavy atom. The minimum atomic E-state index is -0.436. The lowest BCUT2D eigenvalue weighted by atomic mass is 9.98. The van der Waals surface area contributed by atoms with Crippen molar-refractivity contribution in [3.05, 3.63) is 51.9 Å². The van der Waals surface area contributed by atoms with Gasteiger partial charge in [0.15, 0.2) is 11.5 Å². The molecule has 6 nitrogen and oxygen atoms in total. The second-order valence-electron chi connectivity index (χ2n) is 6.67. The quantitative estimate of drug-likeness (QED) is 0.694. The molecule has 0 unspecified atom stereocenters. The maximum atomic E-state index is 12.7. The van der Waals surface area contributed by atoms with Crippen LogP contribution in [0, 0.1) is 6.92 Å². The number of ether oxygens (including phenoxy) is 2. The van der Waals surface area contributed by atoms with Crippen LogP contribution in [-0.4, -0.2) is 38.3 Å². The highest BCUT2D eigenvalue weighted by molar-refractivity contribution is 5.88. The normalized spacial score (nSPS) is 11.2. The molecule has 1 heterocycles. The number of hydrogen-bond donors (Lipinski definition) is 1. The molecule has 1 N–H and O–H groups in total. The van der Waals surface area contributed by atoms with Gasteiger partial charge < -0.3 is 23.9 Å². The van der Waals surface area contributed by atoms with E-state index in [1.165, 1.54) is 0 Å². The van der Waals surface area contributed by atoms with Crippen LogP contribution in [0.15, 0.2) is 39.5 Å². The van der Waals surface area contributed by atoms with Gasteiger partial charge in [-0.3, -0.25) is 0 Å². The van der Waals surface area contributed by atoms with Crippen LogP contribution in [-0.2, 0) is 6.54 Å². The first-order chi connectivity index (χ1) is 12.8. The standard InChI is InChI=1S/C21H23NO5/c1-12-15-10-16(23)14(11-22(2)3)9-18(15)27-21(24)20(12)13-6-7-17(25-4)19(8-13)26-5/h6-10,23H,11H2,1-5H3. The van der Waals surface area contributed by atoms with Gasteiger partial charge in [0.2, 0.25) is 0 Å². The van der Waals surface area contributed by atoms with Crippen molar-refractivity contribution in [3.63, 3.8) is 0 Å². The van der Waals surface area contributed by atoms with Gasteiger partial charge in [-0.05, 0) is 56.4 Å². The highest BCUT2D eigenvalue weighted by atomic mass is 16.5. The molecule has 27 heavy (non-hydrogen) atoms. The highest BCUT2D eigenvalue weighted by Crippen LogP contribution is 2.35. The third kappa shape index (κ3) is 3.48. The molecule has 2 aromatic carbocycles. The smallest absolute Gasteiger partial charge is 0.344 e. The molecule has 0 bridgehead atoms. The van der Waals surface area contributed by atoms with Gasteiger partial charge in [0, 0.05) is 17.5 Å². The number of methoxy groups -OCH3 is 2. The summed E-state index contributed by atoms with van der Waals surface area (Å²) in [5, 5.41) is 11.1. The van der Waals surface area contributed by atoms with E-state index in [2.05, 4.69) is 0 Å². The summed E-state index contributed by atoms with van der Waals surface area (Å²) in [6.07, 6.45) is 0. The van der Waals surface area contributed by atoms with Crippen molar-refractivity contribution in [2.45, 2.75) is 13.5 Å². The van der Waals surface area contributed by atoms with Crippen molar-refractivity contribution < 1.29 is 19.0 Å². The molecule has 3 rings (SSSR count). The van der Waals surface area contributed by atoms with Crippen molar-refractivity contribution in [2.75, 3.05) is 28.3 Å². The molecule has 0 fully saturated rings. The lowest BCUT2D eigenvalue weighted by Gasteiger charge is -2.14.